The first-order chi connectivity index (χ1) is 7.32. The largest absolute Gasteiger partial charge is 0.407 e. The predicted molar refractivity (Wildman–Crippen MR) is 58.4 cm³/mol. The fraction of sp³-hybridized carbons (Fsp3) is 1.00. The van der Waals surface area contributed by atoms with Crippen molar-refractivity contribution in [1.29, 1.82) is 0 Å². The molecule has 5 heteroatoms. The molecule has 1 fully saturated rings. The number of hydrogen-bond acceptors (Lipinski definition) is 2. The van der Waals surface area contributed by atoms with Crippen molar-refractivity contribution in [2.45, 2.75) is 51.4 Å². The van der Waals surface area contributed by atoms with Gasteiger partial charge in [0.25, 0.3) is 0 Å². The number of likely N-dealkylation sites (tertiary alicyclic amines) is 1. The van der Waals surface area contributed by atoms with E-state index in [9.17, 15) is 13.2 Å². The highest BCUT2D eigenvalue weighted by molar-refractivity contribution is 5.03. The van der Waals surface area contributed by atoms with Gasteiger partial charge in [0.2, 0.25) is 0 Å². The summed E-state index contributed by atoms with van der Waals surface area (Å²) in [5.74, 6) is 0. The Bertz CT molecular complexity index is 228. The van der Waals surface area contributed by atoms with Gasteiger partial charge in [0.1, 0.15) is 5.54 Å². The quantitative estimate of drug-likeness (QED) is 0.809. The first kappa shape index (κ1) is 13.8. The molecule has 0 aromatic carbocycles. The summed E-state index contributed by atoms with van der Waals surface area (Å²) in [6.45, 7) is 6.78. The van der Waals surface area contributed by atoms with Gasteiger partial charge in [-0.3, -0.25) is 4.90 Å². The van der Waals surface area contributed by atoms with Crippen LogP contribution in [0.2, 0.25) is 0 Å². The minimum absolute atomic E-state index is 0.0775. The van der Waals surface area contributed by atoms with Crippen LogP contribution in [0, 0.1) is 0 Å². The van der Waals surface area contributed by atoms with E-state index >= 15 is 0 Å². The van der Waals surface area contributed by atoms with Crippen LogP contribution in [-0.2, 0) is 0 Å². The lowest BCUT2D eigenvalue weighted by Crippen LogP contribution is -2.59. The second-order valence-corrected chi connectivity index (χ2v) is 4.82. The molecule has 0 spiro atoms. The van der Waals surface area contributed by atoms with Crippen molar-refractivity contribution in [3.05, 3.63) is 0 Å². The maximum absolute atomic E-state index is 13.1. The molecule has 1 unspecified atom stereocenters. The average Bonchev–Trinajstić information content (AvgIpc) is 2.59. The van der Waals surface area contributed by atoms with Crippen molar-refractivity contribution in [3.63, 3.8) is 0 Å². The van der Waals surface area contributed by atoms with Crippen LogP contribution in [-0.4, -0.2) is 42.3 Å². The monoisotopic (exact) mass is 238 g/mol. The van der Waals surface area contributed by atoms with Crippen molar-refractivity contribution in [2.24, 2.45) is 0 Å². The zero-order valence-electron chi connectivity index (χ0n) is 10.2. The average molecular weight is 238 g/mol. The third-order valence-corrected chi connectivity index (χ3v) is 3.29. The molecule has 0 aromatic heterocycles. The van der Waals surface area contributed by atoms with Gasteiger partial charge in [0, 0.05) is 19.1 Å². The van der Waals surface area contributed by atoms with Gasteiger partial charge < -0.3 is 5.32 Å². The SMILES string of the molecule is CCCNC1(C(F)(F)F)CCN(C(C)C)C1. The van der Waals surface area contributed by atoms with Crippen molar-refractivity contribution < 1.29 is 13.2 Å². The molecular weight excluding hydrogens is 217 g/mol. The summed E-state index contributed by atoms with van der Waals surface area (Å²) < 4.78 is 39.3. The smallest absolute Gasteiger partial charge is 0.303 e. The molecule has 0 amide bonds. The Labute approximate surface area is 95.2 Å². The Morgan fingerprint density at radius 1 is 1.38 bits per heavy atom. The van der Waals surface area contributed by atoms with Gasteiger partial charge in [-0.15, -0.1) is 0 Å². The van der Waals surface area contributed by atoms with Gasteiger partial charge in [-0.25, -0.2) is 0 Å². The lowest BCUT2D eigenvalue weighted by molar-refractivity contribution is -0.193. The van der Waals surface area contributed by atoms with E-state index in [4.69, 9.17) is 0 Å². The van der Waals surface area contributed by atoms with Crippen LogP contribution in [0.4, 0.5) is 13.2 Å². The summed E-state index contributed by atoms with van der Waals surface area (Å²) in [4.78, 5) is 1.89. The van der Waals surface area contributed by atoms with Gasteiger partial charge in [0.05, 0.1) is 0 Å². The van der Waals surface area contributed by atoms with E-state index in [0.29, 0.717) is 13.1 Å². The van der Waals surface area contributed by atoms with Crippen molar-refractivity contribution in [2.75, 3.05) is 19.6 Å². The molecule has 1 aliphatic heterocycles. The fourth-order valence-electron chi connectivity index (χ4n) is 2.12. The van der Waals surface area contributed by atoms with Gasteiger partial charge >= 0.3 is 6.18 Å². The first-order valence-corrected chi connectivity index (χ1v) is 5.88. The summed E-state index contributed by atoms with van der Waals surface area (Å²) in [6.07, 6.45) is -3.28. The standard InChI is InChI=1S/C11H21F3N2/c1-4-6-15-10(11(12,13)14)5-7-16(8-10)9(2)3/h9,15H,4-8H2,1-3H3. The van der Waals surface area contributed by atoms with E-state index in [1.165, 1.54) is 0 Å². The predicted octanol–water partition coefficient (Wildman–Crippen LogP) is 2.40. The molecule has 1 saturated heterocycles. The molecule has 0 radical (unpaired) electrons. The summed E-state index contributed by atoms with van der Waals surface area (Å²) in [7, 11) is 0. The molecule has 0 aliphatic carbocycles. The van der Waals surface area contributed by atoms with E-state index in [2.05, 4.69) is 5.32 Å². The van der Waals surface area contributed by atoms with Crippen LogP contribution in [0.15, 0.2) is 0 Å². The fourth-order valence-corrected chi connectivity index (χ4v) is 2.12. The molecule has 1 N–H and O–H groups in total. The van der Waals surface area contributed by atoms with Crippen LogP contribution in [0.1, 0.15) is 33.6 Å². The summed E-state index contributed by atoms with van der Waals surface area (Å²) >= 11 is 0. The van der Waals surface area contributed by atoms with Crippen molar-refractivity contribution >= 4 is 0 Å². The molecule has 0 saturated carbocycles. The van der Waals surface area contributed by atoms with Gasteiger partial charge in [-0.1, -0.05) is 6.92 Å². The zero-order chi connectivity index (χ0) is 12.4. The molecule has 96 valence electrons. The Kier molecular flexibility index (Phi) is 4.23. The highest BCUT2D eigenvalue weighted by atomic mass is 19.4. The van der Waals surface area contributed by atoms with Gasteiger partial charge in [-0.2, -0.15) is 13.2 Å². The number of halogens is 3. The Morgan fingerprint density at radius 3 is 2.38 bits per heavy atom. The number of nitrogens with one attached hydrogen (secondary N) is 1. The lowest BCUT2D eigenvalue weighted by Gasteiger charge is -2.33. The summed E-state index contributed by atoms with van der Waals surface area (Å²) in [5, 5.41) is 2.70. The number of rotatable bonds is 4. The second kappa shape index (κ2) is 4.92. The number of nitrogens with zero attached hydrogens (tertiary/aromatic N) is 1. The van der Waals surface area contributed by atoms with Crippen LogP contribution in [0.3, 0.4) is 0 Å². The number of alkyl halides is 3. The van der Waals surface area contributed by atoms with Gasteiger partial charge in [-0.05, 0) is 33.2 Å². The van der Waals surface area contributed by atoms with E-state index in [1.807, 2.05) is 25.7 Å². The molecule has 1 heterocycles. The summed E-state index contributed by atoms with van der Waals surface area (Å²) in [6, 6.07) is 0.174. The molecular formula is C11H21F3N2. The molecule has 1 aliphatic rings. The third-order valence-electron chi connectivity index (χ3n) is 3.29. The first-order valence-electron chi connectivity index (χ1n) is 5.88. The van der Waals surface area contributed by atoms with Crippen LogP contribution >= 0.6 is 0 Å². The Morgan fingerprint density at radius 2 is 2.00 bits per heavy atom. The highest BCUT2D eigenvalue weighted by Crippen LogP contribution is 2.38. The molecule has 16 heavy (non-hydrogen) atoms. The minimum Gasteiger partial charge on any atom is -0.303 e. The van der Waals surface area contributed by atoms with Crippen molar-refractivity contribution in [3.8, 4) is 0 Å². The molecule has 2 nitrogen and oxygen atoms in total. The zero-order valence-corrected chi connectivity index (χ0v) is 10.2. The molecule has 0 aromatic rings. The van der Waals surface area contributed by atoms with Crippen LogP contribution in [0.25, 0.3) is 0 Å². The lowest BCUT2D eigenvalue weighted by atomic mass is 9.97. The Balaban J connectivity index is 2.75. The minimum atomic E-state index is -4.16. The van der Waals surface area contributed by atoms with E-state index < -0.39 is 11.7 Å². The van der Waals surface area contributed by atoms with E-state index in [-0.39, 0.29) is 19.0 Å². The van der Waals surface area contributed by atoms with E-state index in [1.54, 1.807) is 0 Å². The third kappa shape index (κ3) is 2.69. The van der Waals surface area contributed by atoms with Crippen molar-refractivity contribution in [1.82, 2.24) is 10.2 Å². The van der Waals surface area contributed by atoms with Gasteiger partial charge in [0.15, 0.2) is 0 Å². The topological polar surface area (TPSA) is 15.3 Å². The Hall–Kier alpha value is -0.290. The molecule has 1 atom stereocenters. The van der Waals surface area contributed by atoms with Crippen LogP contribution in [0.5, 0.6) is 0 Å². The summed E-state index contributed by atoms with van der Waals surface area (Å²) in [5.41, 5.74) is -1.69. The molecule has 0 bridgehead atoms. The highest BCUT2D eigenvalue weighted by Gasteiger charge is 2.57. The van der Waals surface area contributed by atoms with Crippen LogP contribution < -0.4 is 5.32 Å². The maximum atomic E-state index is 13.1. The normalized spacial score (nSPS) is 27.9. The number of hydrogen-bond donors (Lipinski definition) is 1. The molecule has 1 rings (SSSR count). The van der Waals surface area contributed by atoms with E-state index in [0.717, 1.165) is 6.42 Å². The second-order valence-electron chi connectivity index (χ2n) is 4.82. The maximum Gasteiger partial charge on any atom is 0.407 e.